The largest absolute Gasteiger partial charge is 0.388 e. The molecule has 4 aromatic carbocycles. The van der Waals surface area contributed by atoms with Crippen molar-refractivity contribution in [1.82, 2.24) is 0 Å². The molecule has 340 valence electrons. The minimum atomic E-state index is -1.74. The summed E-state index contributed by atoms with van der Waals surface area (Å²) >= 11 is 1.39. The lowest BCUT2D eigenvalue weighted by molar-refractivity contribution is -0.356. The maximum absolute atomic E-state index is 11.5. The molecule has 14 nitrogen and oxygen atoms in total. The fraction of sp³-hybridized carbons (Fsp3) is 0.458. The van der Waals surface area contributed by atoms with E-state index in [0.717, 1.165) is 22.3 Å². The van der Waals surface area contributed by atoms with E-state index in [-0.39, 0.29) is 33.0 Å². The van der Waals surface area contributed by atoms with E-state index in [4.69, 9.17) is 37.9 Å². The first kappa shape index (κ1) is 47.4. The lowest BCUT2D eigenvalue weighted by Crippen LogP contribution is -2.66. The monoisotopic (exact) mass is 890 g/mol. The van der Waals surface area contributed by atoms with Gasteiger partial charge < -0.3 is 68.5 Å². The van der Waals surface area contributed by atoms with Gasteiger partial charge in [0.2, 0.25) is 0 Å². The molecule has 63 heavy (non-hydrogen) atoms. The number of aliphatic hydroxyl groups is 6. The average molecular weight is 891 g/mol. The lowest BCUT2D eigenvalue weighted by atomic mass is 9.80. The average Bonchev–Trinajstić information content (AvgIpc) is 3.32. The molecule has 3 heterocycles. The van der Waals surface area contributed by atoms with E-state index in [1.165, 1.54) is 17.8 Å². The van der Waals surface area contributed by atoms with E-state index in [1.807, 2.05) is 128 Å². The third kappa shape index (κ3) is 10.9. The third-order valence-electron chi connectivity index (χ3n) is 11.4. The van der Waals surface area contributed by atoms with E-state index < -0.39 is 90.8 Å². The summed E-state index contributed by atoms with van der Waals surface area (Å²) in [4.78, 5) is 0. The number of hydrogen-bond donors (Lipinski definition) is 6. The van der Waals surface area contributed by atoms with Gasteiger partial charge in [-0.3, -0.25) is 0 Å². The first-order valence-electron chi connectivity index (χ1n) is 21.2. The van der Waals surface area contributed by atoms with E-state index >= 15 is 0 Å². The molecule has 14 atom stereocenters. The van der Waals surface area contributed by atoms with Crippen molar-refractivity contribution in [2.75, 3.05) is 32.2 Å². The van der Waals surface area contributed by atoms with Crippen molar-refractivity contribution in [3.63, 3.8) is 0 Å². The van der Waals surface area contributed by atoms with Crippen LogP contribution in [0.15, 0.2) is 134 Å². The maximum Gasteiger partial charge on any atom is 0.187 e. The second-order valence-electron chi connectivity index (χ2n) is 15.6. The molecule has 3 fully saturated rings. The Morgan fingerprint density at radius 3 is 1.76 bits per heavy atom. The lowest BCUT2D eigenvalue weighted by Gasteiger charge is -2.49. The van der Waals surface area contributed by atoms with Crippen LogP contribution in [0.2, 0.25) is 0 Å². The molecule has 0 unspecified atom stereocenters. The molecule has 0 bridgehead atoms. The van der Waals surface area contributed by atoms with Crippen LogP contribution in [0.4, 0.5) is 0 Å². The van der Waals surface area contributed by atoms with Crippen LogP contribution in [0.1, 0.15) is 29.2 Å². The summed E-state index contributed by atoms with van der Waals surface area (Å²) in [6.07, 6.45) is -16.4. The standard InChI is InChI=1S/C48H58O14S/c1-3-25-56-43-42(61-45-40(53)37(50)34(49)27-57-45)36(28-55-26-30-17-9-5-10-18-30)60-47(63-4-2)44(43)62-46-41(54)39(52)38(51)35(59-46)29-58-48(31-19-11-6-12-20-31,32-21-13-7-14-22-32)33-23-15-8-16-24-33/h3,5-24,34-47,49-54H,1,4,25-29H2,2H3/t34-,35-,36-,37+,38-,39+,40-,41-,42-,43+,44+,45+,46+,47-/m1/s1. The summed E-state index contributed by atoms with van der Waals surface area (Å²) in [7, 11) is 0. The first-order chi connectivity index (χ1) is 30.7. The van der Waals surface area contributed by atoms with Crippen LogP contribution in [-0.4, -0.2) is 148 Å². The second kappa shape index (κ2) is 22.5. The smallest absolute Gasteiger partial charge is 0.187 e. The molecule has 0 amide bonds. The van der Waals surface area contributed by atoms with Crippen LogP contribution in [0.25, 0.3) is 0 Å². The highest BCUT2D eigenvalue weighted by atomic mass is 32.2. The van der Waals surface area contributed by atoms with Crippen molar-refractivity contribution >= 4 is 11.8 Å². The summed E-state index contributed by atoms with van der Waals surface area (Å²) in [5.74, 6) is 0.558. The van der Waals surface area contributed by atoms with Crippen LogP contribution < -0.4 is 0 Å². The molecule has 0 aliphatic carbocycles. The van der Waals surface area contributed by atoms with E-state index in [2.05, 4.69) is 6.58 Å². The number of benzene rings is 4. The number of hydrogen-bond acceptors (Lipinski definition) is 15. The fourth-order valence-electron chi connectivity index (χ4n) is 8.21. The van der Waals surface area contributed by atoms with Gasteiger partial charge in [0.25, 0.3) is 0 Å². The summed E-state index contributed by atoms with van der Waals surface area (Å²) in [5, 5.41) is 66.2. The second-order valence-corrected chi connectivity index (χ2v) is 17.0. The number of ether oxygens (including phenoxy) is 8. The van der Waals surface area contributed by atoms with Gasteiger partial charge in [-0.1, -0.05) is 134 Å². The Kier molecular flexibility index (Phi) is 17.0. The van der Waals surface area contributed by atoms with Gasteiger partial charge in [-0.2, -0.15) is 0 Å². The molecule has 7 rings (SSSR count). The molecule has 4 aromatic rings. The summed E-state index contributed by atoms with van der Waals surface area (Å²) in [6, 6.07) is 38.5. The van der Waals surface area contributed by atoms with Gasteiger partial charge in [-0.15, -0.1) is 18.3 Å². The molecule has 0 aromatic heterocycles. The minimum Gasteiger partial charge on any atom is -0.388 e. The van der Waals surface area contributed by atoms with Crippen LogP contribution >= 0.6 is 11.8 Å². The van der Waals surface area contributed by atoms with Crippen LogP contribution in [0.3, 0.4) is 0 Å². The Morgan fingerprint density at radius 2 is 1.19 bits per heavy atom. The van der Waals surface area contributed by atoms with Crippen LogP contribution in [0.5, 0.6) is 0 Å². The number of rotatable bonds is 19. The first-order valence-corrected chi connectivity index (χ1v) is 22.3. The van der Waals surface area contributed by atoms with E-state index in [9.17, 15) is 30.6 Å². The fourth-order valence-corrected chi connectivity index (χ4v) is 9.17. The topological polar surface area (TPSA) is 195 Å². The Morgan fingerprint density at radius 1 is 0.635 bits per heavy atom. The van der Waals surface area contributed by atoms with Gasteiger partial charge in [-0.05, 0) is 28.0 Å². The molecule has 0 saturated carbocycles. The number of aliphatic hydroxyl groups excluding tert-OH is 6. The Balaban J connectivity index is 1.18. The molecule has 3 aliphatic heterocycles. The van der Waals surface area contributed by atoms with Crippen molar-refractivity contribution in [3.8, 4) is 0 Å². The summed E-state index contributed by atoms with van der Waals surface area (Å²) in [5.41, 5.74) is 1.37. The van der Waals surface area contributed by atoms with E-state index in [0.29, 0.717) is 5.75 Å². The molecular formula is C48H58O14S. The van der Waals surface area contributed by atoms with Crippen molar-refractivity contribution in [1.29, 1.82) is 0 Å². The SMILES string of the molecule is C=CCO[C@@H]1[C@H](O[C@@H]2O[C@H](COC(c3ccccc3)(c3ccccc3)c3ccccc3)[C@@H](O)[C@H](O)[C@H]2O)[C@@H](SCC)O[C@H](COCc2ccccc2)[C@H]1O[C@@H]1OC[C@@H](O)[C@H](O)[C@H]1O. The molecule has 6 N–H and O–H groups in total. The zero-order valence-electron chi connectivity index (χ0n) is 35.0. The van der Waals surface area contributed by atoms with Gasteiger partial charge in [0, 0.05) is 0 Å². The third-order valence-corrected chi connectivity index (χ3v) is 12.5. The van der Waals surface area contributed by atoms with Crippen LogP contribution in [0, 0.1) is 0 Å². The maximum atomic E-state index is 11.5. The highest BCUT2D eigenvalue weighted by Gasteiger charge is 2.54. The molecule has 0 radical (unpaired) electrons. The van der Waals surface area contributed by atoms with Gasteiger partial charge in [0.1, 0.15) is 78.2 Å². The number of thioether (sulfide) groups is 1. The van der Waals surface area contributed by atoms with Gasteiger partial charge in [0.15, 0.2) is 12.6 Å². The quantitative estimate of drug-likeness (QED) is 0.0593. The summed E-state index contributed by atoms with van der Waals surface area (Å²) in [6.45, 7) is 5.44. The highest BCUT2D eigenvalue weighted by Crippen LogP contribution is 2.42. The summed E-state index contributed by atoms with van der Waals surface area (Å²) < 4.78 is 51.3. The van der Waals surface area contributed by atoms with Gasteiger partial charge in [0.05, 0.1) is 33.0 Å². The minimum absolute atomic E-state index is 0.00609. The van der Waals surface area contributed by atoms with Crippen molar-refractivity contribution < 1.29 is 68.5 Å². The van der Waals surface area contributed by atoms with Gasteiger partial charge >= 0.3 is 0 Å². The molecule has 3 aliphatic rings. The molecule has 15 heteroatoms. The Labute approximate surface area is 371 Å². The van der Waals surface area contributed by atoms with E-state index in [1.54, 1.807) is 0 Å². The zero-order valence-corrected chi connectivity index (χ0v) is 35.8. The molecule has 0 spiro atoms. The van der Waals surface area contributed by atoms with Crippen LogP contribution in [-0.2, 0) is 50.1 Å². The predicted molar refractivity (Wildman–Crippen MR) is 232 cm³/mol. The predicted octanol–water partition coefficient (Wildman–Crippen LogP) is 3.28. The highest BCUT2D eigenvalue weighted by molar-refractivity contribution is 7.99. The van der Waals surface area contributed by atoms with Gasteiger partial charge in [-0.25, -0.2) is 0 Å². The Hall–Kier alpha value is -3.59. The molecular weight excluding hydrogens is 833 g/mol. The zero-order chi connectivity index (χ0) is 44.3. The Bertz CT molecular complexity index is 1850. The molecule has 3 saturated heterocycles. The normalized spacial score (nSPS) is 32.6. The van der Waals surface area contributed by atoms with Crippen molar-refractivity contribution in [3.05, 3.63) is 156 Å². The van der Waals surface area contributed by atoms with Crippen molar-refractivity contribution in [2.24, 2.45) is 0 Å². The van der Waals surface area contributed by atoms with Crippen molar-refractivity contribution in [2.45, 2.75) is 104 Å².